The third kappa shape index (κ3) is 4.77. The molecule has 1 atom stereocenters. The van der Waals surface area contributed by atoms with Crippen molar-refractivity contribution in [2.75, 3.05) is 23.4 Å². The maximum absolute atomic E-state index is 12.4. The van der Waals surface area contributed by atoms with Gasteiger partial charge in [-0.2, -0.15) is 0 Å². The van der Waals surface area contributed by atoms with E-state index in [2.05, 4.69) is 5.32 Å². The monoisotopic (exact) mass is 414 g/mol. The highest BCUT2D eigenvalue weighted by Crippen LogP contribution is 2.29. The van der Waals surface area contributed by atoms with Crippen LogP contribution in [0.1, 0.15) is 23.1 Å². The molecule has 0 saturated carbocycles. The summed E-state index contributed by atoms with van der Waals surface area (Å²) in [7, 11) is 0. The molecule has 2 aromatic rings. The van der Waals surface area contributed by atoms with E-state index in [0.29, 0.717) is 10.7 Å². The first-order valence-corrected chi connectivity index (χ1v) is 9.73. The molecule has 1 heterocycles. The highest BCUT2D eigenvalue weighted by atomic mass is 35.5. The number of hydrogen-bond acceptors (Lipinski definition) is 4. The van der Waals surface area contributed by atoms with Gasteiger partial charge in [0.25, 0.3) is 5.91 Å². The number of carbonyl (C=O) groups is 3. The first kappa shape index (κ1) is 20.9. The Hall–Kier alpha value is -2.86. The van der Waals surface area contributed by atoms with Crippen LogP contribution in [0.5, 0.6) is 0 Å². The zero-order valence-electron chi connectivity index (χ0n) is 16.6. The van der Waals surface area contributed by atoms with Gasteiger partial charge < -0.3 is 15.0 Å². The van der Waals surface area contributed by atoms with Gasteiger partial charge in [0.2, 0.25) is 5.91 Å². The van der Waals surface area contributed by atoms with E-state index in [1.54, 1.807) is 30.0 Å². The highest BCUT2D eigenvalue weighted by Gasteiger charge is 2.36. The fourth-order valence-corrected chi connectivity index (χ4v) is 3.47. The normalized spacial score (nSPS) is 16.1. The Balaban J connectivity index is 1.57. The number of anilines is 2. The van der Waals surface area contributed by atoms with Gasteiger partial charge in [0, 0.05) is 29.4 Å². The van der Waals surface area contributed by atoms with E-state index in [-0.39, 0.29) is 18.9 Å². The summed E-state index contributed by atoms with van der Waals surface area (Å²) in [6, 6.07) is 11.0. The zero-order chi connectivity index (χ0) is 21.1. The molecule has 0 spiro atoms. The molecule has 0 radical (unpaired) electrons. The Morgan fingerprint density at radius 2 is 1.97 bits per heavy atom. The van der Waals surface area contributed by atoms with Crippen molar-refractivity contribution in [3.63, 3.8) is 0 Å². The Kier molecular flexibility index (Phi) is 6.23. The molecule has 1 aliphatic heterocycles. The van der Waals surface area contributed by atoms with Crippen LogP contribution in [0.25, 0.3) is 0 Å². The molecule has 2 amide bonds. The molecule has 6 nitrogen and oxygen atoms in total. The molecule has 3 rings (SSSR count). The topological polar surface area (TPSA) is 75.7 Å². The first-order chi connectivity index (χ1) is 13.8. The molecule has 0 aliphatic carbocycles. The van der Waals surface area contributed by atoms with Crippen molar-refractivity contribution in [2.24, 2.45) is 5.92 Å². The average molecular weight is 415 g/mol. The van der Waals surface area contributed by atoms with E-state index in [4.69, 9.17) is 16.3 Å². The number of nitrogens with zero attached hydrogens (tertiary/aromatic N) is 1. The van der Waals surface area contributed by atoms with Crippen molar-refractivity contribution in [3.05, 3.63) is 58.1 Å². The summed E-state index contributed by atoms with van der Waals surface area (Å²) in [5.41, 5.74) is 4.11. The maximum atomic E-state index is 12.4. The largest absolute Gasteiger partial charge is 0.455 e. The molecule has 29 heavy (non-hydrogen) atoms. The number of esters is 1. The summed E-state index contributed by atoms with van der Waals surface area (Å²) >= 11 is 6.04. The van der Waals surface area contributed by atoms with Crippen LogP contribution in [0.15, 0.2) is 36.4 Å². The minimum Gasteiger partial charge on any atom is -0.455 e. The second-order valence-corrected chi connectivity index (χ2v) is 7.67. The van der Waals surface area contributed by atoms with Gasteiger partial charge in [0.15, 0.2) is 6.61 Å². The average Bonchev–Trinajstić information content (AvgIpc) is 3.07. The lowest BCUT2D eigenvalue weighted by Gasteiger charge is -2.19. The minimum absolute atomic E-state index is 0.0707. The van der Waals surface area contributed by atoms with Crippen molar-refractivity contribution >= 4 is 40.8 Å². The number of hydrogen-bond donors (Lipinski definition) is 1. The van der Waals surface area contributed by atoms with Gasteiger partial charge in [-0.15, -0.1) is 0 Å². The van der Waals surface area contributed by atoms with Crippen LogP contribution < -0.4 is 10.2 Å². The SMILES string of the molecule is Cc1ccc(C)c(N2C[C@H](C(=O)OCC(=O)Nc3cccc(Cl)c3C)CC2=O)c1. The van der Waals surface area contributed by atoms with Crippen molar-refractivity contribution in [2.45, 2.75) is 27.2 Å². The molecule has 1 aliphatic rings. The van der Waals surface area contributed by atoms with Crippen LogP contribution in [-0.4, -0.2) is 30.9 Å². The second kappa shape index (κ2) is 8.66. The van der Waals surface area contributed by atoms with Crippen LogP contribution in [-0.2, 0) is 19.1 Å². The van der Waals surface area contributed by atoms with Gasteiger partial charge in [0.1, 0.15) is 0 Å². The number of aryl methyl sites for hydroxylation is 2. The van der Waals surface area contributed by atoms with Crippen molar-refractivity contribution < 1.29 is 19.1 Å². The van der Waals surface area contributed by atoms with Gasteiger partial charge >= 0.3 is 5.97 Å². The number of nitrogens with one attached hydrogen (secondary N) is 1. The summed E-state index contributed by atoms with van der Waals surface area (Å²) in [6.07, 6.45) is 0.0707. The van der Waals surface area contributed by atoms with Crippen LogP contribution in [0.2, 0.25) is 5.02 Å². The molecule has 0 aromatic heterocycles. The molecule has 0 unspecified atom stereocenters. The van der Waals surface area contributed by atoms with Gasteiger partial charge in [0.05, 0.1) is 5.92 Å². The summed E-state index contributed by atoms with van der Waals surface area (Å²) in [4.78, 5) is 38.6. The van der Waals surface area contributed by atoms with Crippen LogP contribution in [0, 0.1) is 26.7 Å². The molecule has 1 fully saturated rings. The van der Waals surface area contributed by atoms with E-state index < -0.39 is 24.4 Å². The number of benzene rings is 2. The number of amides is 2. The predicted octanol–water partition coefficient (Wildman–Crippen LogP) is 3.80. The van der Waals surface area contributed by atoms with Crippen LogP contribution in [0.3, 0.4) is 0 Å². The fraction of sp³-hybridized carbons (Fsp3) is 0.318. The second-order valence-electron chi connectivity index (χ2n) is 7.26. The minimum atomic E-state index is -0.594. The van der Waals surface area contributed by atoms with Gasteiger partial charge in [-0.3, -0.25) is 14.4 Å². The predicted molar refractivity (Wildman–Crippen MR) is 112 cm³/mol. The lowest BCUT2D eigenvalue weighted by atomic mass is 10.1. The number of ether oxygens (including phenoxy) is 1. The highest BCUT2D eigenvalue weighted by molar-refractivity contribution is 6.31. The lowest BCUT2D eigenvalue weighted by molar-refractivity contribution is -0.151. The van der Waals surface area contributed by atoms with Crippen molar-refractivity contribution in [1.29, 1.82) is 0 Å². The maximum Gasteiger partial charge on any atom is 0.311 e. The Labute approximate surface area is 174 Å². The quantitative estimate of drug-likeness (QED) is 0.755. The molecular weight excluding hydrogens is 392 g/mol. The van der Waals surface area contributed by atoms with E-state index in [1.807, 2.05) is 32.0 Å². The van der Waals surface area contributed by atoms with E-state index >= 15 is 0 Å². The zero-order valence-corrected chi connectivity index (χ0v) is 17.4. The van der Waals surface area contributed by atoms with Crippen molar-refractivity contribution in [3.8, 4) is 0 Å². The van der Waals surface area contributed by atoms with Gasteiger partial charge in [-0.25, -0.2) is 0 Å². The number of rotatable bonds is 5. The van der Waals surface area contributed by atoms with Gasteiger partial charge in [-0.1, -0.05) is 29.8 Å². The Bertz CT molecular complexity index is 973. The van der Waals surface area contributed by atoms with Crippen molar-refractivity contribution in [1.82, 2.24) is 0 Å². The van der Waals surface area contributed by atoms with Gasteiger partial charge in [-0.05, 0) is 55.7 Å². The summed E-state index contributed by atoms with van der Waals surface area (Å²) in [6.45, 7) is 5.50. The molecule has 2 aromatic carbocycles. The molecule has 1 N–H and O–H groups in total. The smallest absolute Gasteiger partial charge is 0.311 e. The summed E-state index contributed by atoms with van der Waals surface area (Å²) in [5.74, 6) is -1.73. The third-order valence-corrected chi connectivity index (χ3v) is 5.41. The first-order valence-electron chi connectivity index (χ1n) is 9.35. The lowest BCUT2D eigenvalue weighted by Crippen LogP contribution is -2.28. The molecule has 1 saturated heterocycles. The van der Waals surface area contributed by atoms with E-state index in [1.165, 1.54) is 0 Å². The summed E-state index contributed by atoms with van der Waals surface area (Å²) in [5, 5.41) is 3.21. The fourth-order valence-electron chi connectivity index (χ4n) is 3.29. The standard InChI is InChI=1S/C22H23ClN2O4/c1-13-7-8-14(2)19(9-13)25-11-16(10-21(25)27)22(28)29-12-20(26)24-18-6-4-5-17(23)15(18)3/h4-9,16H,10-12H2,1-3H3,(H,24,26)/t16-/m1/s1. The number of carbonyl (C=O) groups excluding carboxylic acids is 3. The third-order valence-electron chi connectivity index (χ3n) is 5.00. The van der Waals surface area contributed by atoms with Crippen LogP contribution >= 0.6 is 11.6 Å². The van der Waals surface area contributed by atoms with E-state index in [9.17, 15) is 14.4 Å². The number of halogens is 1. The van der Waals surface area contributed by atoms with E-state index in [0.717, 1.165) is 22.4 Å². The molecule has 0 bridgehead atoms. The molecule has 152 valence electrons. The Morgan fingerprint density at radius 3 is 2.72 bits per heavy atom. The molecular formula is C22H23ClN2O4. The Morgan fingerprint density at radius 1 is 1.21 bits per heavy atom. The van der Waals surface area contributed by atoms with Crippen LogP contribution in [0.4, 0.5) is 11.4 Å². The summed E-state index contributed by atoms with van der Waals surface area (Å²) < 4.78 is 5.15. The molecule has 7 heteroatoms.